The van der Waals surface area contributed by atoms with E-state index in [0.29, 0.717) is 18.8 Å². The number of likely N-dealkylation sites (N-methyl/N-ethyl adjacent to an activating group) is 1. The first kappa shape index (κ1) is 16.3. The van der Waals surface area contributed by atoms with Gasteiger partial charge in [0.15, 0.2) is 0 Å². The van der Waals surface area contributed by atoms with Crippen LogP contribution in [-0.4, -0.2) is 44.8 Å². The van der Waals surface area contributed by atoms with Crippen molar-refractivity contribution in [1.29, 1.82) is 0 Å². The van der Waals surface area contributed by atoms with Gasteiger partial charge in [0, 0.05) is 12.2 Å². The van der Waals surface area contributed by atoms with Crippen LogP contribution in [0.1, 0.15) is 19.8 Å². The first-order valence-electron chi connectivity index (χ1n) is 6.93. The summed E-state index contributed by atoms with van der Waals surface area (Å²) in [6.07, 6.45) is 1.71. The van der Waals surface area contributed by atoms with E-state index in [1.54, 1.807) is 12.1 Å². The van der Waals surface area contributed by atoms with Crippen molar-refractivity contribution in [3.05, 3.63) is 24.3 Å². The maximum atomic E-state index is 11.5. The van der Waals surface area contributed by atoms with Crippen molar-refractivity contribution in [1.82, 2.24) is 4.90 Å². The third-order valence-corrected chi connectivity index (χ3v) is 2.64. The average molecular weight is 280 g/mol. The Balaban J connectivity index is 2.31. The molecule has 0 aliphatic heterocycles. The predicted octanol–water partition coefficient (Wildman–Crippen LogP) is 2.98. The second-order valence-electron chi connectivity index (χ2n) is 4.79. The van der Waals surface area contributed by atoms with E-state index in [-0.39, 0.29) is 0 Å². The lowest BCUT2D eigenvalue weighted by Crippen LogP contribution is -2.22. The number of ether oxygens (including phenoxy) is 2. The molecule has 1 aromatic carbocycles. The second-order valence-corrected chi connectivity index (χ2v) is 4.79. The number of hydrogen-bond acceptors (Lipinski definition) is 4. The second kappa shape index (κ2) is 9.20. The van der Waals surface area contributed by atoms with Gasteiger partial charge in [-0.3, -0.25) is 5.32 Å². The number of unbranched alkanes of at least 4 members (excludes halogenated alkanes) is 1. The van der Waals surface area contributed by atoms with E-state index in [0.717, 1.165) is 25.2 Å². The van der Waals surface area contributed by atoms with Crippen LogP contribution in [0.5, 0.6) is 5.75 Å². The zero-order valence-corrected chi connectivity index (χ0v) is 12.5. The van der Waals surface area contributed by atoms with E-state index in [2.05, 4.69) is 12.2 Å². The Morgan fingerprint density at radius 2 is 1.90 bits per heavy atom. The Morgan fingerprint density at radius 1 is 1.20 bits per heavy atom. The minimum atomic E-state index is -0.438. The fourth-order valence-electron chi connectivity index (χ4n) is 1.44. The standard InChI is InChI=1S/C15H24N2O3/c1-4-5-11-19-14-8-6-13(7-9-14)16-15(18)20-12-10-17(2)3/h6-9H,4-5,10-12H2,1-3H3,(H,16,18). The van der Waals surface area contributed by atoms with Gasteiger partial charge in [0.1, 0.15) is 12.4 Å². The zero-order valence-electron chi connectivity index (χ0n) is 12.5. The average Bonchev–Trinajstić information content (AvgIpc) is 2.40. The van der Waals surface area contributed by atoms with Crippen molar-refractivity contribution < 1.29 is 14.3 Å². The summed E-state index contributed by atoms with van der Waals surface area (Å²) in [4.78, 5) is 13.5. The third-order valence-electron chi connectivity index (χ3n) is 2.64. The fraction of sp³-hybridized carbons (Fsp3) is 0.533. The fourth-order valence-corrected chi connectivity index (χ4v) is 1.44. The zero-order chi connectivity index (χ0) is 14.8. The maximum absolute atomic E-state index is 11.5. The van der Waals surface area contributed by atoms with Gasteiger partial charge < -0.3 is 14.4 Å². The van der Waals surface area contributed by atoms with E-state index in [9.17, 15) is 4.79 Å². The number of rotatable bonds is 8. The molecule has 5 nitrogen and oxygen atoms in total. The van der Waals surface area contributed by atoms with Gasteiger partial charge in [-0.15, -0.1) is 0 Å². The molecule has 0 aliphatic rings. The molecule has 0 atom stereocenters. The van der Waals surface area contributed by atoms with E-state index in [4.69, 9.17) is 9.47 Å². The summed E-state index contributed by atoms with van der Waals surface area (Å²) in [7, 11) is 3.86. The highest BCUT2D eigenvalue weighted by molar-refractivity contribution is 5.84. The lowest BCUT2D eigenvalue weighted by atomic mass is 10.3. The summed E-state index contributed by atoms with van der Waals surface area (Å²) >= 11 is 0. The molecule has 1 amide bonds. The van der Waals surface area contributed by atoms with Crippen molar-refractivity contribution >= 4 is 11.8 Å². The molecule has 0 fully saturated rings. The monoisotopic (exact) mass is 280 g/mol. The minimum absolute atomic E-state index is 0.372. The van der Waals surface area contributed by atoms with E-state index in [1.165, 1.54) is 0 Å². The highest BCUT2D eigenvalue weighted by Crippen LogP contribution is 2.16. The van der Waals surface area contributed by atoms with Crippen LogP contribution in [0.3, 0.4) is 0 Å². The van der Waals surface area contributed by atoms with Crippen LogP contribution in [0.25, 0.3) is 0 Å². The Bertz CT molecular complexity index is 391. The molecule has 1 N–H and O–H groups in total. The van der Waals surface area contributed by atoms with Crippen LogP contribution >= 0.6 is 0 Å². The lowest BCUT2D eigenvalue weighted by molar-refractivity contribution is 0.151. The van der Waals surface area contributed by atoms with Crippen LogP contribution in [-0.2, 0) is 4.74 Å². The Morgan fingerprint density at radius 3 is 2.50 bits per heavy atom. The van der Waals surface area contributed by atoms with Gasteiger partial charge in [-0.25, -0.2) is 4.79 Å². The molecule has 0 radical (unpaired) electrons. The normalized spacial score (nSPS) is 10.4. The van der Waals surface area contributed by atoms with Crippen LogP contribution in [0, 0.1) is 0 Å². The lowest BCUT2D eigenvalue weighted by Gasteiger charge is -2.11. The molecular weight excluding hydrogens is 256 g/mol. The number of benzene rings is 1. The third kappa shape index (κ3) is 6.99. The number of nitrogens with zero attached hydrogens (tertiary/aromatic N) is 1. The Hall–Kier alpha value is -1.75. The summed E-state index contributed by atoms with van der Waals surface area (Å²) in [5.41, 5.74) is 0.697. The van der Waals surface area contributed by atoms with E-state index < -0.39 is 6.09 Å². The van der Waals surface area contributed by atoms with Crippen molar-refractivity contribution in [2.24, 2.45) is 0 Å². The molecule has 0 spiro atoms. The maximum Gasteiger partial charge on any atom is 0.411 e. The Kier molecular flexibility index (Phi) is 7.50. The smallest absolute Gasteiger partial charge is 0.411 e. The van der Waals surface area contributed by atoms with Gasteiger partial charge in [-0.2, -0.15) is 0 Å². The van der Waals surface area contributed by atoms with Crippen molar-refractivity contribution in [3.8, 4) is 5.75 Å². The first-order chi connectivity index (χ1) is 9.61. The number of amides is 1. The number of carbonyl (C=O) groups excluding carboxylic acids is 1. The summed E-state index contributed by atoms with van der Waals surface area (Å²) in [6, 6.07) is 7.28. The molecule has 0 heterocycles. The first-order valence-corrected chi connectivity index (χ1v) is 6.93. The highest BCUT2D eigenvalue weighted by Gasteiger charge is 2.03. The summed E-state index contributed by atoms with van der Waals surface area (Å²) in [6.45, 7) is 3.92. The van der Waals surface area contributed by atoms with Gasteiger partial charge in [0.05, 0.1) is 6.61 Å². The number of nitrogens with one attached hydrogen (secondary N) is 1. The topological polar surface area (TPSA) is 50.8 Å². The molecule has 0 aliphatic carbocycles. The minimum Gasteiger partial charge on any atom is -0.494 e. The molecule has 112 valence electrons. The molecule has 5 heteroatoms. The highest BCUT2D eigenvalue weighted by atomic mass is 16.5. The van der Waals surface area contributed by atoms with Crippen LogP contribution in [0.4, 0.5) is 10.5 Å². The molecule has 0 aromatic heterocycles. The molecule has 0 unspecified atom stereocenters. The van der Waals surface area contributed by atoms with Crippen molar-refractivity contribution in [2.45, 2.75) is 19.8 Å². The molecule has 1 aromatic rings. The number of carbonyl (C=O) groups is 1. The van der Waals surface area contributed by atoms with Gasteiger partial charge in [-0.1, -0.05) is 13.3 Å². The largest absolute Gasteiger partial charge is 0.494 e. The predicted molar refractivity (Wildman–Crippen MR) is 80.4 cm³/mol. The quantitative estimate of drug-likeness (QED) is 0.744. The van der Waals surface area contributed by atoms with Crippen molar-refractivity contribution in [2.75, 3.05) is 39.2 Å². The van der Waals surface area contributed by atoms with Crippen molar-refractivity contribution in [3.63, 3.8) is 0 Å². The van der Waals surface area contributed by atoms with Crippen LogP contribution < -0.4 is 10.1 Å². The van der Waals surface area contributed by atoms with Gasteiger partial charge in [-0.05, 0) is 44.8 Å². The summed E-state index contributed by atoms with van der Waals surface area (Å²) in [5.74, 6) is 0.810. The summed E-state index contributed by atoms with van der Waals surface area (Å²) < 4.78 is 10.6. The van der Waals surface area contributed by atoms with E-state index in [1.807, 2.05) is 31.1 Å². The van der Waals surface area contributed by atoms with Crippen LogP contribution in [0.2, 0.25) is 0 Å². The number of hydrogen-bond donors (Lipinski definition) is 1. The molecule has 0 saturated carbocycles. The Labute approximate surface area is 120 Å². The molecule has 0 saturated heterocycles. The van der Waals surface area contributed by atoms with E-state index >= 15 is 0 Å². The number of anilines is 1. The summed E-state index contributed by atoms with van der Waals surface area (Å²) in [5, 5.41) is 2.67. The van der Waals surface area contributed by atoms with Gasteiger partial charge in [0.25, 0.3) is 0 Å². The van der Waals surface area contributed by atoms with Gasteiger partial charge >= 0.3 is 6.09 Å². The van der Waals surface area contributed by atoms with Crippen LogP contribution in [0.15, 0.2) is 24.3 Å². The molecule has 0 bridgehead atoms. The molecule has 20 heavy (non-hydrogen) atoms. The molecular formula is C15H24N2O3. The van der Waals surface area contributed by atoms with Gasteiger partial charge in [0.2, 0.25) is 0 Å². The SMILES string of the molecule is CCCCOc1ccc(NC(=O)OCCN(C)C)cc1. The molecule has 1 rings (SSSR count).